The molecule has 1 saturated heterocycles. The molecule has 1 N–H and O–H groups in total. The Kier molecular flexibility index (Phi) is 6.41. The molecule has 4 rings (SSSR count). The van der Waals surface area contributed by atoms with E-state index in [4.69, 9.17) is 4.74 Å². The van der Waals surface area contributed by atoms with Gasteiger partial charge in [-0.05, 0) is 61.7 Å². The third-order valence-corrected chi connectivity index (χ3v) is 6.47. The van der Waals surface area contributed by atoms with E-state index in [2.05, 4.69) is 21.2 Å². The number of halogens is 1. The molecule has 1 aliphatic heterocycles. The number of aryl methyl sites for hydroxylation is 1. The zero-order valence-electron chi connectivity index (χ0n) is 17.6. The van der Waals surface area contributed by atoms with Crippen LogP contribution in [0.4, 0.5) is 11.4 Å². The summed E-state index contributed by atoms with van der Waals surface area (Å²) >= 11 is 3.37. The van der Waals surface area contributed by atoms with Crippen molar-refractivity contribution >= 4 is 51.0 Å². The van der Waals surface area contributed by atoms with Crippen molar-refractivity contribution in [2.75, 3.05) is 16.8 Å². The minimum atomic E-state index is -0.703. The number of hydrogen-bond donors (Lipinski definition) is 1. The van der Waals surface area contributed by atoms with Crippen LogP contribution in [0, 0.1) is 18.8 Å². The van der Waals surface area contributed by atoms with E-state index in [1.54, 1.807) is 24.3 Å². The minimum Gasteiger partial charge on any atom is -0.452 e. The van der Waals surface area contributed by atoms with Gasteiger partial charge in [-0.1, -0.05) is 34.8 Å². The summed E-state index contributed by atoms with van der Waals surface area (Å²) < 4.78 is 6.04. The van der Waals surface area contributed by atoms with Crippen LogP contribution >= 0.6 is 15.9 Å². The van der Waals surface area contributed by atoms with E-state index in [0.29, 0.717) is 11.4 Å². The Balaban J connectivity index is 1.41. The Morgan fingerprint density at radius 2 is 1.75 bits per heavy atom. The van der Waals surface area contributed by atoms with E-state index in [0.717, 1.165) is 35.7 Å². The standard InChI is InChI=1S/C24H23BrN2O5/c1-14-11-16(25)9-10-20(14)26-21(28)13-32-24(31)15-5-4-6-17(12-15)27-22(29)18-7-2-3-8-19(18)23(27)30/h4-6,9-12,18-19H,2-3,7-8,13H2,1H3,(H,26,28)/t18-,19+. The maximum absolute atomic E-state index is 12.8. The van der Waals surface area contributed by atoms with Crippen LogP contribution in [0.15, 0.2) is 46.9 Å². The Labute approximate surface area is 194 Å². The van der Waals surface area contributed by atoms with Crippen LogP contribution in [-0.4, -0.2) is 30.3 Å². The number of rotatable bonds is 5. The second kappa shape index (κ2) is 9.24. The van der Waals surface area contributed by atoms with E-state index in [1.807, 2.05) is 13.0 Å². The molecule has 166 valence electrons. The van der Waals surface area contributed by atoms with Crippen molar-refractivity contribution in [3.05, 3.63) is 58.1 Å². The fraction of sp³-hybridized carbons (Fsp3) is 0.333. The summed E-state index contributed by atoms with van der Waals surface area (Å²) in [6, 6.07) is 11.6. The summed E-state index contributed by atoms with van der Waals surface area (Å²) in [5, 5.41) is 2.71. The van der Waals surface area contributed by atoms with Gasteiger partial charge in [0.1, 0.15) is 0 Å². The first-order chi connectivity index (χ1) is 15.3. The molecule has 0 radical (unpaired) electrons. The molecule has 7 nitrogen and oxygen atoms in total. The SMILES string of the molecule is Cc1cc(Br)ccc1NC(=O)COC(=O)c1cccc(N2C(=O)[C@H]3CCCC[C@H]3C2=O)c1. The first-order valence-electron chi connectivity index (χ1n) is 10.6. The second-order valence-electron chi connectivity index (χ2n) is 8.14. The monoisotopic (exact) mass is 498 g/mol. The highest BCUT2D eigenvalue weighted by Crippen LogP contribution is 2.40. The minimum absolute atomic E-state index is 0.172. The fourth-order valence-corrected chi connectivity index (χ4v) is 4.83. The molecule has 0 spiro atoms. The number of esters is 1. The summed E-state index contributed by atoms with van der Waals surface area (Å²) in [5.74, 6) is -2.10. The van der Waals surface area contributed by atoms with Crippen molar-refractivity contribution in [2.45, 2.75) is 32.6 Å². The number of anilines is 2. The number of carbonyl (C=O) groups is 4. The number of carbonyl (C=O) groups excluding carboxylic acids is 4. The van der Waals surface area contributed by atoms with Gasteiger partial charge in [0.2, 0.25) is 11.8 Å². The maximum Gasteiger partial charge on any atom is 0.338 e. The number of hydrogen-bond acceptors (Lipinski definition) is 5. The highest BCUT2D eigenvalue weighted by atomic mass is 79.9. The van der Waals surface area contributed by atoms with Gasteiger partial charge in [0.15, 0.2) is 6.61 Å². The highest BCUT2D eigenvalue weighted by Gasteiger charge is 2.48. The molecule has 8 heteroatoms. The topological polar surface area (TPSA) is 92.8 Å². The van der Waals surface area contributed by atoms with Gasteiger partial charge in [-0.3, -0.25) is 19.3 Å². The highest BCUT2D eigenvalue weighted by molar-refractivity contribution is 9.10. The van der Waals surface area contributed by atoms with Crippen LogP contribution in [0.2, 0.25) is 0 Å². The van der Waals surface area contributed by atoms with Crippen LogP contribution in [0.25, 0.3) is 0 Å². The lowest BCUT2D eigenvalue weighted by Crippen LogP contribution is -2.31. The Hall–Kier alpha value is -3.00. The first kappa shape index (κ1) is 22.2. The van der Waals surface area contributed by atoms with Gasteiger partial charge in [0.05, 0.1) is 23.1 Å². The van der Waals surface area contributed by atoms with Gasteiger partial charge >= 0.3 is 5.97 Å². The van der Waals surface area contributed by atoms with E-state index in [-0.39, 0.29) is 29.2 Å². The maximum atomic E-state index is 12.8. The Bertz CT molecular complexity index is 1080. The number of benzene rings is 2. The smallest absolute Gasteiger partial charge is 0.338 e. The molecule has 1 aliphatic carbocycles. The van der Waals surface area contributed by atoms with E-state index in [1.165, 1.54) is 17.0 Å². The molecule has 3 amide bonds. The van der Waals surface area contributed by atoms with Crippen LogP contribution in [0.5, 0.6) is 0 Å². The predicted molar refractivity (Wildman–Crippen MR) is 122 cm³/mol. The molecule has 0 aromatic heterocycles. The van der Waals surface area contributed by atoms with Gasteiger partial charge in [-0.15, -0.1) is 0 Å². The van der Waals surface area contributed by atoms with E-state index < -0.39 is 18.5 Å². The van der Waals surface area contributed by atoms with Crippen molar-refractivity contribution < 1.29 is 23.9 Å². The first-order valence-corrected chi connectivity index (χ1v) is 11.4. The normalized spacial score (nSPS) is 20.1. The summed E-state index contributed by atoms with van der Waals surface area (Å²) in [5.41, 5.74) is 2.03. The lowest BCUT2D eigenvalue weighted by atomic mass is 9.81. The Morgan fingerprint density at radius 3 is 2.41 bits per heavy atom. The molecule has 1 heterocycles. The van der Waals surface area contributed by atoms with Gasteiger partial charge < -0.3 is 10.1 Å². The zero-order chi connectivity index (χ0) is 22.8. The number of ether oxygens (including phenoxy) is 1. The van der Waals surface area contributed by atoms with Crippen molar-refractivity contribution in [2.24, 2.45) is 11.8 Å². The number of amides is 3. The largest absolute Gasteiger partial charge is 0.452 e. The average molecular weight is 499 g/mol. The molecule has 2 fully saturated rings. The summed E-state index contributed by atoms with van der Waals surface area (Å²) in [4.78, 5) is 51.5. The number of nitrogens with zero attached hydrogens (tertiary/aromatic N) is 1. The molecule has 32 heavy (non-hydrogen) atoms. The summed E-state index contributed by atoms with van der Waals surface area (Å²) in [6.45, 7) is 1.40. The van der Waals surface area contributed by atoms with Crippen LogP contribution < -0.4 is 10.2 Å². The molecule has 2 aromatic carbocycles. The Morgan fingerprint density at radius 1 is 1.06 bits per heavy atom. The molecule has 0 bridgehead atoms. The van der Waals surface area contributed by atoms with Gasteiger partial charge in [-0.2, -0.15) is 0 Å². The van der Waals surface area contributed by atoms with Gasteiger partial charge in [0, 0.05) is 10.2 Å². The average Bonchev–Trinajstić information content (AvgIpc) is 3.04. The third kappa shape index (κ3) is 4.46. The number of nitrogens with one attached hydrogen (secondary N) is 1. The summed E-state index contributed by atoms with van der Waals surface area (Å²) in [7, 11) is 0. The number of fused-ring (bicyclic) bond motifs is 1. The molecular weight excluding hydrogens is 476 g/mol. The van der Waals surface area contributed by atoms with Crippen LogP contribution in [0.3, 0.4) is 0 Å². The van der Waals surface area contributed by atoms with Gasteiger partial charge in [0.25, 0.3) is 5.91 Å². The lowest BCUT2D eigenvalue weighted by Gasteiger charge is -2.19. The van der Waals surface area contributed by atoms with E-state index in [9.17, 15) is 19.2 Å². The van der Waals surface area contributed by atoms with Crippen LogP contribution in [-0.2, 0) is 19.1 Å². The van der Waals surface area contributed by atoms with Crippen molar-refractivity contribution in [1.82, 2.24) is 0 Å². The molecular formula is C24H23BrN2O5. The lowest BCUT2D eigenvalue weighted by molar-refractivity contribution is -0.122. The molecule has 2 atom stereocenters. The third-order valence-electron chi connectivity index (χ3n) is 5.98. The zero-order valence-corrected chi connectivity index (χ0v) is 19.2. The van der Waals surface area contributed by atoms with E-state index >= 15 is 0 Å². The number of imide groups is 1. The molecule has 1 saturated carbocycles. The fourth-order valence-electron chi connectivity index (χ4n) is 4.36. The quantitative estimate of drug-likeness (QED) is 0.491. The van der Waals surface area contributed by atoms with Gasteiger partial charge in [-0.25, -0.2) is 4.79 Å². The van der Waals surface area contributed by atoms with Crippen molar-refractivity contribution in [3.63, 3.8) is 0 Å². The van der Waals surface area contributed by atoms with Crippen molar-refractivity contribution in [3.8, 4) is 0 Å². The molecule has 0 unspecified atom stereocenters. The van der Waals surface area contributed by atoms with Crippen molar-refractivity contribution in [1.29, 1.82) is 0 Å². The second-order valence-corrected chi connectivity index (χ2v) is 9.06. The summed E-state index contributed by atoms with van der Waals surface area (Å²) in [6.07, 6.45) is 3.34. The molecule has 2 aliphatic rings. The van der Waals surface area contributed by atoms with Crippen LogP contribution in [0.1, 0.15) is 41.6 Å². The molecule has 2 aromatic rings. The predicted octanol–water partition coefficient (Wildman–Crippen LogP) is 4.23.